The average molecular weight is 267 g/mol. The third-order valence-electron chi connectivity index (χ3n) is 2.49. The molecular weight excluding hydrogens is 252 g/mol. The molecule has 5 nitrogen and oxygen atoms in total. The maximum Gasteiger partial charge on any atom is 0.133 e. The maximum absolute atomic E-state index is 6.01. The molecule has 0 atom stereocenters. The Bertz CT molecular complexity index is 527. The molecule has 0 aliphatic heterocycles. The molecule has 0 aromatic carbocycles. The van der Waals surface area contributed by atoms with Crippen LogP contribution in [0.5, 0.6) is 0 Å². The van der Waals surface area contributed by atoms with Crippen LogP contribution in [0.2, 0.25) is 5.15 Å². The molecule has 2 rings (SSSR count). The first-order chi connectivity index (χ1) is 8.69. The van der Waals surface area contributed by atoms with Crippen LogP contribution in [0.3, 0.4) is 0 Å². The zero-order valence-electron chi connectivity index (χ0n) is 10.4. The van der Waals surface area contributed by atoms with Crippen molar-refractivity contribution in [1.29, 1.82) is 0 Å². The Balaban J connectivity index is 2.21. The number of hydrogen-bond acceptors (Lipinski definition) is 4. The second-order valence-corrected chi connectivity index (χ2v) is 4.38. The van der Waals surface area contributed by atoms with Gasteiger partial charge in [-0.05, 0) is 6.42 Å². The Morgan fingerprint density at radius 2 is 2.22 bits per heavy atom. The second kappa shape index (κ2) is 5.93. The van der Waals surface area contributed by atoms with Gasteiger partial charge in [0.1, 0.15) is 11.0 Å². The fraction of sp³-hybridized carbons (Fsp3) is 0.417. The van der Waals surface area contributed by atoms with E-state index in [1.54, 1.807) is 24.1 Å². The summed E-state index contributed by atoms with van der Waals surface area (Å²) in [7, 11) is 3.55. The highest BCUT2D eigenvalue weighted by atomic mass is 35.5. The van der Waals surface area contributed by atoms with E-state index in [2.05, 4.69) is 15.1 Å². The van der Waals surface area contributed by atoms with Crippen molar-refractivity contribution >= 4 is 11.6 Å². The van der Waals surface area contributed by atoms with Gasteiger partial charge in [-0.2, -0.15) is 5.10 Å². The van der Waals surface area contributed by atoms with E-state index in [1.807, 2.05) is 13.2 Å². The van der Waals surface area contributed by atoms with Crippen LogP contribution in [0, 0.1) is 0 Å². The topological polar surface area (TPSA) is 52.8 Å². The Morgan fingerprint density at radius 1 is 1.39 bits per heavy atom. The summed E-state index contributed by atoms with van der Waals surface area (Å²) in [5.74, 6) is 0.735. The van der Waals surface area contributed by atoms with Crippen molar-refractivity contribution in [2.75, 3.05) is 13.7 Å². The van der Waals surface area contributed by atoms with Crippen LogP contribution in [0.15, 0.2) is 18.5 Å². The lowest BCUT2D eigenvalue weighted by Crippen LogP contribution is -2.00. The van der Waals surface area contributed by atoms with Crippen molar-refractivity contribution in [3.05, 3.63) is 29.4 Å². The van der Waals surface area contributed by atoms with Crippen LogP contribution < -0.4 is 0 Å². The molecular formula is C12H15ClN4O. The Labute approximate surface area is 111 Å². The van der Waals surface area contributed by atoms with Crippen molar-refractivity contribution in [2.24, 2.45) is 7.05 Å². The Kier molecular flexibility index (Phi) is 4.28. The number of methoxy groups -OCH3 is 1. The standard InChI is InChI=1S/C12H15ClN4O/c1-17-8-9(7-14-17)10-6-11(13)16-12(15-10)4-3-5-18-2/h6-8H,3-5H2,1-2H3. The van der Waals surface area contributed by atoms with Crippen molar-refractivity contribution < 1.29 is 4.74 Å². The highest BCUT2D eigenvalue weighted by molar-refractivity contribution is 6.29. The number of nitrogens with zero attached hydrogens (tertiary/aromatic N) is 4. The molecule has 0 spiro atoms. The lowest BCUT2D eigenvalue weighted by molar-refractivity contribution is 0.194. The number of aryl methyl sites for hydroxylation is 2. The second-order valence-electron chi connectivity index (χ2n) is 3.99. The van der Waals surface area contributed by atoms with E-state index in [4.69, 9.17) is 16.3 Å². The SMILES string of the molecule is COCCCc1nc(Cl)cc(-c2cnn(C)c2)n1. The lowest BCUT2D eigenvalue weighted by atomic mass is 10.2. The first-order valence-corrected chi connectivity index (χ1v) is 6.08. The third-order valence-corrected chi connectivity index (χ3v) is 2.68. The summed E-state index contributed by atoms with van der Waals surface area (Å²) in [6, 6.07) is 1.75. The Hall–Kier alpha value is -1.46. The first-order valence-electron chi connectivity index (χ1n) is 5.70. The monoisotopic (exact) mass is 266 g/mol. The molecule has 6 heteroatoms. The van der Waals surface area contributed by atoms with Gasteiger partial charge in [0.2, 0.25) is 0 Å². The van der Waals surface area contributed by atoms with Gasteiger partial charge in [0.05, 0.1) is 11.9 Å². The van der Waals surface area contributed by atoms with Crippen LogP contribution in [0.1, 0.15) is 12.2 Å². The first kappa shape index (κ1) is 13.0. The molecule has 2 aromatic heterocycles. The molecule has 0 saturated carbocycles. The minimum Gasteiger partial charge on any atom is -0.385 e. The van der Waals surface area contributed by atoms with Crippen LogP contribution in [0.4, 0.5) is 0 Å². The van der Waals surface area contributed by atoms with Gasteiger partial charge >= 0.3 is 0 Å². The fourth-order valence-electron chi connectivity index (χ4n) is 1.65. The van der Waals surface area contributed by atoms with Gasteiger partial charge in [-0.15, -0.1) is 0 Å². The predicted octanol–water partition coefficient (Wildman–Crippen LogP) is 2.11. The zero-order valence-corrected chi connectivity index (χ0v) is 11.2. The molecule has 0 aliphatic carbocycles. The summed E-state index contributed by atoms with van der Waals surface area (Å²) in [5, 5.41) is 4.58. The van der Waals surface area contributed by atoms with Gasteiger partial charge in [0, 0.05) is 45.0 Å². The summed E-state index contributed by atoms with van der Waals surface area (Å²) < 4.78 is 6.74. The van der Waals surface area contributed by atoms with E-state index in [9.17, 15) is 0 Å². The minimum absolute atomic E-state index is 0.455. The molecule has 0 unspecified atom stereocenters. The predicted molar refractivity (Wildman–Crippen MR) is 69.4 cm³/mol. The quantitative estimate of drug-likeness (QED) is 0.614. The molecule has 0 amide bonds. The van der Waals surface area contributed by atoms with E-state index in [1.165, 1.54) is 0 Å². The third kappa shape index (κ3) is 3.27. The summed E-state index contributed by atoms with van der Waals surface area (Å²) in [6.45, 7) is 0.693. The average Bonchev–Trinajstić information content (AvgIpc) is 2.76. The van der Waals surface area contributed by atoms with Crippen molar-refractivity contribution in [3.63, 3.8) is 0 Å². The highest BCUT2D eigenvalue weighted by Gasteiger charge is 2.07. The number of ether oxygens (including phenoxy) is 1. The van der Waals surface area contributed by atoms with Gasteiger partial charge in [0.25, 0.3) is 0 Å². The highest BCUT2D eigenvalue weighted by Crippen LogP contribution is 2.19. The summed E-state index contributed by atoms with van der Waals surface area (Å²) in [6.07, 6.45) is 5.29. The molecule has 0 fully saturated rings. The minimum atomic E-state index is 0.455. The van der Waals surface area contributed by atoms with Gasteiger partial charge in [-0.1, -0.05) is 11.6 Å². The van der Waals surface area contributed by atoms with E-state index < -0.39 is 0 Å². The molecule has 96 valence electrons. The molecule has 2 heterocycles. The van der Waals surface area contributed by atoms with Crippen molar-refractivity contribution in [2.45, 2.75) is 12.8 Å². The molecule has 0 aliphatic rings. The van der Waals surface area contributed by atoms with E-state index in [0.29, 0.717) is 11.8 Å². The molecule has 0 saturated heterocycles. The summed E-state index contributed by atoms with van der Waals surface area (Å²) in [4.78, 5) is 8.69. The lowest BCUT2D eigenvalue weighted by Gasteiger charge is -2.03. The van der Waals surface area contributed by atoms with Crippen molar-refractivity contribution in [1.82, 2.24) is 19.7 Å². The van der Waals surface area contributed by atoms with E-state index >= 15 is 0 Å². The van der Waals surface area contributed by atoms with Crippen molar-refractivity contribution in [3.8, 4) is 11.3 Å². The van der Waals surface area contributed by atoms with E-state index in [0.717, 1.165) is 29.9 Å². The maximum atomic E-state index is 6.01. The molecule has 0 N–H and O–H groups in total. The fourth-order valence-corrected chi connectivity index (χ4v) is 1.85. The van der Waals surface area contributed by atoms with Gasteiger partial charge < -0.3 is 4.74 Å². The normalized spacial score (nSPS) is 10.8. The number of halogens is 1. The summed E-state index contributed by atoms with van der Waals surface area (Å²) >= 11 is 6.01. The molecule has 0 bridgehead atoms. The smallest absolute Gasteiger partial charge is 0.133 e. The number of aromatic nitrogens is 4. The molecule has 0 radical (unpaired) electrons. The van der Waals surface area contributed by atoms with Crippen LogP contribution in [-0.4, -0.2) is 33.5 Å². The van der Waals surface area contributed by atoms with Gasteiger partial charge in [0.15, 0.2) is 0 Å². The molecule has 18 heavy (non-hydrogen) atoms. The van der Waals surface area contributed by atoms with Gasteiger partial charge in [-0.3, -0.25) is 4.68 Å². The molecule has 2 aromatic rings. The number of hydrogen-bond donors (Lipinski definition) is 0. The largest absolute Gasteiger partial charge is 0.385 e. The Morgan fingerprint density at radius 3 is 2.89 bits per heavy atom. The van der Waals surface area contributed by atoms with E-state index in [-0.39, 0.29) is 0 Å². The van der Waals surface area contributed by atoms with Crippen LogP contribution >= 0.6 is 11.6 Å². The number of rotatable bonds is 5. The van der Waals surface area contributed by atoms with Crippen LogP contribution in [-0.2, 0) is 18.2 Å². The van der Waals surface area contributed by atoms with Gasteiger partial charge in [-0.25, -0.2) is 9.97 Å². The van der Waals surface area contributed by atoms with Crippen LogP contribution in [0.25, 0.3) is 11.3 Å². The summed E-state index contributed by atoms with van der Waals surface area (Å²) in [5.41, 5.74) is 1.74. The zero-order chi connectivity index (χ0) is 13.0.